The minimum Gasteiger partial charge on any atom is -0.378 e. The van der Waals surface area contributed by atoms with E-state index in [2.05, 4.69) is 0 Å². The first kappa shape index (κ1) is 12.9. The van der Waals surface area contributed by atoms with E-state index >= 15 is 0 Å². The molecule has 2 saturated heterocycles. The maximum atomic E-state index is 5.95. The molecule has 3 atom stereocenters. The van der Waals surface area contributed by atoms with Crippen LogP contribution in [0.4, 0.5) is 0 Å². The summed E-state index contributed by atoms with van der Waals surface area (Å²) < 4.78 is 17.1. The van der Waals surface area contributed by atoms with E-state index in [4.69, 9.17) is 14.2 Å². The van der Waals surface area contributed by atoms with Crippen molar-refractivity contribution in [1.82, 2.24) is 0 Å². The largest absolute Gasteiger partial charge is 0.378 e. The molecular formula is C15H26O3. The molecule has 1 saturated carbocycles. The van der Waals surface area contributed by atoms with Gasteiger partial charge in [0.2, 0.25) is 0 Å². The SMILES string of the molecule is C1COC(CCCC2COC3CCCCC23)OC1. The van der Waals surface area contributed by atoms with E-state index in [0.29, 0.717) is 6.10 Å². The summed E-state index contributed by atoms with van der Waals surface area (Å²) in [6, 6.07) is 0. The van der Waals surface area contributed by atoms with Crippen molar-refractivity contribution in [3.8, 4) is 0 Å². The smallest absolute Gasteiger partial charge is 0.157 e. The Balaban J connectivity index is 1.37. The zero-order chi connectivity index (χ0) is 12.2. The number of hydrogen-bond acceptors (Lipinski definition) is 3. The van der Waals surface area contributed by atoms with Gasteiger partial charge in [0, 0.05) is 0 Å². The molecule has 0 aromatic heterocycles. The highest BCUT2D eigenvalue weighted by Crippen LogP contribution is 2.40. The number of fused-ring (bicyclic) bond motifs is 1. The summed E-state index contributed by atoms with van der Waals surface area (Å²) in [4.78, 5) is 0. The molecule has 1 aliphatic carbocycles. The van der Waals surface area contributed by atoms with Crippen LogP contribution in [0, 0.1) is 11.8 Å². The Hall–Kier alpha value is -0.120. The minimum absolute atomic E-state index is 0.0724. The minimum atomic E-state index is 0.0724. The van der Waals surface area contributed by atoms with Gasteiger partial charge in [-0.3, -0.25) is 0 Å². The normalized spacial score (nSPS) is 37.7. The van der Waals surface area contributed by atoms with Crippen LogP contribution in [-0.2, 0) is 14.2 Å². The summed E-state index contributed by atoms with van der Waals surface area (Å²) in [5, 5.41) is 0. The molecule has 2 heterocycles. The predicted octanol–water partition coefficient (Wildman–Crippen LogP) is 3.12. The summed E-state index contributed by atoms with van der Waals surface area (Å²) in [5.41, 5.74) is 0. The molecule has 3 aliphatic rings. The van der Waals surface area contributed by atoms with E-state index in [9.17, 15) is 0 Å². The highest BCUT2D eigenvalue weighted by atomic mass is 16.7. The van der Waals surface area contributed by atoms with Gasteiger partial charge in [-0.25, -0.2) is 0 Å². The van der Waals surface area contributed by atoms with E-state index in [1.54, 1.807) is 0 Å². The average Bonchev–Trinajstić information content (AvgIpc) is 2.84. The lowest BCUT2D eigenvalue weighted by Crippen LogP contribution is -2.26. The molecule has 104 valence electrons. The van der Waals surface area contributed by atoms with Gasteiger partial charge in [0.1, 0.15) is 0 Å². The van der Waals surface area contributed by atoms with Gasteiger partial charge < -0.3 is 14.2 Å². The van der Waals surface area contributed by atoms with Crippen LogP contribution in [0.1, 0.15) is 51.4 Å². The molecule has 3 unspecified atom stereocenters. The van der Waals surface area contributed by atoms with Crippen LogP contribution >= 0.6 is 0 Å². The predicted molar refractivity (Wildman–Crippen MR) is 69.3 cm³/mol. The van der Waals surface area contributed by atoms with Gasteiger partial charge in [-0.15, -0.1) is 0 Å². The van der Waals surface area contributed by atoms with E-state index < -0.39 is 0 Å². The lowest BCUT2D eigenvalue weighted by molar-refractivity contribution is -0.181. The van der Waals surface area contributed by atoms with E-state index in [1.165, 1.54) is 38.5 Å². The van der Waals surface area contributed by atoms with Gasteiger partial charge in [-0.05, 0) is 50.4 Å². The Morgan fingerprint density at radius 2 is 1.67 bits per heavy atom. The first-order valence-corrected chi connectivity index (χ1v) is 7.78. The molecule has 0 bridgehead atoms. The number of hydrogen-bond donors (Lipinski definition) is 0. The Morgan fingerprint density at radius 3 is 2.56 bits per heavy atom. The van der Waals surface area contributed by atoms with Crippen molar-refractivity contribution in [1.29, 1.82) is 0 Å². The van der Waals surface area contributed by atoms with Gasteiger partial charge in [-0.1, -0.05) is 12.8 Å². The molecule has 0 aromatic carbocycles. The lowest BCUT2D eigenvalue weighted by Gasteiger charge is -2.28. The third-order valence-electron chi connectivity index (χ3n) is 4.79. The molecule has 0 N–H and O–H groups in total. The first-order chi connectivity index (χ1) is 8.93. The fraction of sp³-hybridized carbons (Fsp3) is 1.00. The fourth-order valence-electron chi connectivity index (χ4n) is 3.79. The maximum absolute atomic E-state index is 5.95. The van der Waals surface area contributed by atoms with E-state index in [0.717, 1.165) is 44.5 Å². The Morgan fingerprint density at radius 1 is 0.833 bits per heavy atom. The molecule has 0 spiro atoms. The van der Waals surface area contributed by atoms with Gasteiger partial charge >= 0.3 is 0 Å². The summed E-state index contributed by atoms with van der Waals surface area (Å²) in [5.74, 6) is 1.66. The van der Waals surface area contributed by atoms with Crippen molar-refractivity contribution >= 4 is 0 Å². The third kappa shape index (κ3) is 3.06. The summed E-state index contributed by atoms with van der Waals surface area (Å²) in [6.45, 7) is 2.76. The van der Waals surface area contributed by atoms with Crippen molar-refractivity contribution < 1.29 is 14.2 Å². The number of ether oxygens (including phenoxy) is 3. The molecule has 0 amide bonds. The highest BCUT2D eigenvalue weighted by molar-refractivity contribution is 4.86. The summed E-state index contributed by atoms with van der Waals surface area (Å²) in [6.07, 6.45) is 10.8. The van der Waals surface area contributed by atoms with Gasteiger partial charge in [-0.2, -0.15) is 0 Å². The zero-order valence-corrected chi connectivity index (χ0v) is 11.3. The molecule has 3 heteroatoms. The second kappa shape index (κ2) is 6.36. The molecule has 2 aliphatic heterocycles. The van der Waals surface area contributed by atoms with Crippen LogP contribution < -0.4 is 0 Å². The van der Waals surface area contributed by atoms with Crippen LogP contribution in [-0.4, -0.2) is 32.2 Å². The van der Waals surface area contributed by atoms with Gasteiger partial charge in [0.25, 0.3) is 0 Å². The summed E-state index contributed by atoms with van der Waals surface area (Å²) >= 11 is 0. The molecule has 3 nitrogen and oxygen atoms in total. The standard InChI is InChI=1S/C15H26O3/c1-2-7-14-13(6-1)12(11-18-14)5-3-8-15-16-9-4-10-17-15/h12-15H,1-11H2. The van der Waals surface area contributed by atoms with Crippen LogP contribution in [0.2, 0.25) is 0 Å². The van der Waals surface area contributed by atoms with Crippen molar-refractivity contribution in [3.63, 3.8) is 0 Å². The maximum Gasteiger partial charge on any atom is 0.157 e. The Kier molecular flexibility index (Phi) is 4.55. The lowest BCUT2D eigenvalue weighted by atomic mass is 9.78. The van der Waals surface area contributed by atoms with Crippen LogP contribution in [0.25, 0.3) is 0 Å². The third-order valence-corrected chi connectivity index (χ3v) is 4.79. The molecule has 0 radical (unpaired) electrons. The van der Waals surface area contributed by atoms with E-state index in [1.807, 2.05) is 0 Å². The average molecular weight is 254 g/mol. The molecule has 3 rings (SSSR count). The van der Waals surface area contributed by atoms with Crippen molar-refractivity contribution in [2.75, 3.05) is 19.8 Å². The van der Waals surface area contributed by atoms with Gasteiger partial charge in [0.05, 0.1) is 25.9 Å². The fourth-order valence-corrected chi connectivity index (χ4v) is 3.79. The topological polar surface area (TPSA) is 27.7 Å². The van der Waals surface area contributed by atoms with Crippen molar-refractivity contribution in [3.05, 3.63) is 0 Å². The molecular weight excluding hydrogens is 228 g/mol. The molecule has 18 heavy (non-hydrogen) atoms. The van der Waals surface area contributed by atoms with Crippen LogP contribution in [0.3, 0.4) is 0 Å². The van der Waals surface area contributed by atoms with E-state index in [-0.39, 0.29) is 6.29 Å². The number of rotatable bonds is 4. The van der Waals surface area contributed by atoms with Crippen molar-refractivity contribution in [2.45, 2.75) is 63.8 Å². The monoisotopic (exact) mass is 254 g/mol. The van der Waals surface area contributed by atoms with Crippen LogP contribution in [0.5, 0.6) is 0 Å². The second-order valence-electron chi connectivity index (χ2n) is 6.04. The first-order valence-electron chi connectivity index (χ1n) is 7.78. The second-order valence-corrected chi connectivity index (χ2v) is 6.04. The zero-order valence-electron chi connectivity index (χ0n) is 11.3. The van der Waals surface area contributed by atoms with Crippen LogP contribution in [0.15, 0.2) is 0 Å². The highest BCUT2D eigenvalue weighted by Gasteiger charge is 2.37. The van der Waals surface area contributed by atoms with Crippen molar-refractivity contribution in [2.24, 2.45) is 11.8 Å². The summed E-state index contributed by atoms with van der Waals surface area (Å²) in [7, 11) is 0. The molecule has 3 fully saturated rings. The van der Waals surface area contributed by atoms with Gasteiger partial charge in [0.15, 0.2) is 6.29 Å². The Bertz CT molecular complexity index is 250. The quantitative estimate of drug-likeness (QED) is 0.771. The molecule has 0 aromatic rings. The Labute approximate surface area is 110 Å².